The summed E-state index contributed by atoms with van der Waals surface area (Å²) in [6.07, 6.45) is 2.03. The minimum atomic E-state index is -0.576. The first-order valence-electron chi connectivity index (χ1n) is 9.89. The number of ether oxygens (including phenoxy) is 2. The van der Waals surface area contributed by atoms with E-state index in [1.807, 2.05) is 45.0 Å². The van der Waals surface area contributed by atoms with Crippen molar-refractivity contribution in [1.29, 1.82) is 0 Å². The third-order valence-corrected chi connectivity index (χ3v) is 4.07. The van der Waals surface area contributed by atoms with Crippen LogP contribution in [0.5, 0.6) is 0 Å². The fraction of sp³-hybridized carbons (Fsp3) is 0.455. The quantitative estimate of drug-likeness (QED) is 0.451. The second-order valence-electron chi connectivity index (χ2n) is 7.73. The Hall–Kier alpha value is -2.84. The number of rotatable bonds is 10. The summed E-state index contributed by atoms with van der Waals surface area (Å²) in [5, 5.41) is 6.66. The molecule has 2 rings (SSSR count). The second-order valence-corrected chi connectivity index (χ2v) is 7.73. The van der Waals surface area contributed by atoms with E-state index < -0.39 is 11.6 Å². The fourth-order valence-electron chi connectivity index (χ4n) is 2.65. The highest BCUT2D eigenvalue weighted by Crippen LogP contribution is 2.13. The Kier molecular flexibility index (Phi) is 8.89. The standard InChI is InChI=1S/C22H30N4O4/c1-22(2,3)30-21(28)18-10-7-8-16(26-18)14-25-19(17-9-5-6-12-24-17)15-23-13-11-20(27)29-4/h5-10,12,19,23,25H,11,13-15H2,1-4H3. The minimum Gasteiger partial charge on any atom is -0.469 e. The molecular formula is C22H30N4O4. The van der Waals surface area contributed by atoms with E-state index in [4.69, 9.17) is 4.74 Å². The Morgan fingerprint density at radius 1 is 1.13 bits per heavy atom. The molecule has 0 aliphatic heterocycles. The Morgan fingerprint density at radius 2 is 1.93 bits per heavy atom. The lowest BCUT2D eigenvalue weighted by atomic mass is 10.1. The molecule has 162 valence electrons. The van der Waals surface area contributed by atoms with E-state index >= 15 is 0 Å². The molecule has 0 amide bonds. The van der Waals surface area contributed by atoms with Gasteiger partial charge in [0.15, 0.2) is 0 Å². The number of hydrogen-bond acceptors (Lipinski definition) is 8. The number of pyridine rings is 2. The maximum absolute atomic E-state index is 12.3. The van der Waals surface area contributed by atoms with Crippen molar-refractivity contribution in [3.05, 3.63) is 59.7 Å². The minimum absolute atomic E-state index is 0.101. The molecule has 2 heterocycles. The zero-order valence-corrected chi connectivity index (χ0v) is 18.0. The van der Waals surface area contributed by atoms with Crippen LogP contribution in [0.1, 0.15) is 55.1 Å². The molecule has 8 heteroatoms. The van der Waals surface area contributed by atoms with Crippen molar-refractivity contribution in [2.45, 2.75) is 45.4 Å². The molecule has 2 N–H and O–H groups in total. The number of carbonyl (C=O) groups excluding carboxylic acids is 2. The van der Waals surface area contributed by atoms with Crippen LogP contribution in [0.25, 0.3) is 0 Å². The molecule has 2 aromatic rings. The van der Waals surface area contributed by atoms with Gasteiger partial charge in [0.05, 0.1) is 31.0 Å². The molecule has 0 aromatic carbocycles. The Morgan fingerprint density at radius 3 is 2.60 bits per heavy atom. The van der Waals surface area contributed by atoms with E-state index in [-0.39, 0.29) is 17.7 Å². The summed E-state index contributed by atoms with van der Waals surface area (Å²) < 4.78 is 10.0. The molecule has 8 nitrogen and oxygen atoms in total. The summed E-state index contributed by atoms with van der Waals surface area (Å²) in [5.74, 6) is -0.705. The molecule has 0 aliphatic carbocycles. The summed E-state index contributed by atoms with van der Waals surface area (Å²) in [6, 6.07) is 10.9. The van der Waals surface area contributed by atoms with Gasteiger partial charge in [-0.15, -0.1) is 0 Å². The highest BCUT2D eigenvalue weighted by Gasteiger charge is 2.19. The monoisotopic (exact) mass is 414 g/mol. The number of nitrogens with zero attached hydrogens (tertiary/aromatic N) is 2. The number of nitrogens with one attached hydrogen (secondary N) is 2. The number of hydrogen-bond donors (Lipinski definition) is 2. The van der Waals surface area contributed by atoms with Crippen molar-refractivity contribution >= 4 is 11.9 Å². The predicted octanol–water partition coefficient (Wildman–Crippen LogP) is 2.42. The third kappa shape index (κ3) is 8.26. The molecule has 0 aliphatic rings. The SMILES string of the molecule is COC(=O)CCNCC(NCc1cccc(C(=O)OC(C)(C)C)n1)c1ccccn1. The predicted molar refractivity (Wildman–Crippen MR) is 113 cm³/mol. The Bertz CT molecular complexity index is 821. The van der Waals surface area contributed by atoms with Crippen LogP contribution in [0.4, 0.5) is 0 Å². The lowest BCUT2D eigenvalue weighted by molar-refractivity contribution is -0.140. The van der Waals surface area contributed by atoms with Crippen LogP contribution < -0.4 is 10.6 Å². The van der Waals surface area contributed by atoms with Crippen LogP contribution in [-0.4, -0.2) is 47.7 Å². The van der Waals surface area contributed by atoms with Crippen molar-refractivity contribution < 1.29 is 19.1 Å². The highest BCUT2D eigenvalue weighted by molar-refractivity contribution is 5.87. The summed E-state index contributed by atoms with van der Waals surface area (Å²) >= 11 is 0. The topological polar surface area (TPSA) is 102 Å². The van der Waals surface area contributed by atoms with E-state index in [9.17, 15) is 9.59 Å². The van der Waals surface area contributed by atoms with Gasteiger partial charge in [-0.3, -0.25) is 9.78 Å². The van der Waals surface area contributed by atoms with Crippen LogP contribution in [0.15, 0.2) is 42.6 Å². The molecule has 1 unspecified atom stereocenters. The van der Waals surface area contributed by atoms with Gasteiger partial charge in [-0.05, 0) is 45.0 Å². The molecular weight excluding hydrogens is 384 g/mol. The third-order valence-electron chi connectivity index (χ3n) is 4.07. The van der Waals surface area contributed by atoms with E-state index in [1.54, 1.807) is 18.3 Å². The first kappa shape index (κ1) is 23.4. The summed E-state index contributed by atoms with van der Waals surface area (Å²) in [7, 11) is 1.37. The molecule has 0 saturated carbocycles. The maximum Gasteiger partial charge on any atom is 0.357 e. The van der Waals surface area contributed by atoms with E-state index in [0.29, 0.717) is 31.7 Å². The van der Waals surface area contributed by atoms with Gasteiger partial charge in [0.2, 0.25) is 0 Å². The average molecular weight is 415 g/mol. The lowest BCUT2D eigenvalue weighted by Gasteiger charge is -2.20. The Balaban J connectivity index is 2.00. The van der Waals surface area contributed by atoms with E-state index in [1.165, 1.54) is 7.11 Å². The van der Waals surface area contributed by atoms with Crippen LogP contribution in [0, 0.1) is 0 Å². The molecule has 1 atom stereocenters. The number of aromatic nitrogens is 2. The molecule has 0 bridgehead atoms. The number of esters is 2. The van der Waals surface area contributed by atoms with Crippen molar-refractivity contribution in [1.82, 2.24) is 20.6 Å². The molecule has 0 fully saturated rings. The molecule has 30 heavy (non-hydrogen) atoms. The van der Waals surface area contributed by atoms with Gasteiger partial charge < -0.3 is 20.1 Å². The van der Waals surface area contributed by atoms with Gasteiger partial charge in [-0.1, -0.05) is 12.1 Å². The first-order chi connectivity index (χ1) is 14.3. The van der Waals surface area contributed by atoms with Crippen LogP contribution >= 0.6 is 0 Å². The van der Waals surface area contributed by atoms with Crippen molar-refractivity contribution in [2.75, 3.05) is 20.2 Å². The van der Waals surface area contributed by atoms with Crippen LogP contribution in [0.3, 0.4) is 0 Å². The highest BCUT2D eigenvalue weighted by atomic mass is 16.6. The van der Waals surface area contributed by atoms with Crippen molar-refractivity contribution in [2.24, 2.45) is 0 Å². The maximum atomic E-state index is 12.3. The average Bonchev–Trinajstić information content (AvgIpc) is 2.72. The van der Waals surface area contributed by atoms with Crippen molar-refractivity contribution in [3.63, 3.8) is 0 Å². The van der Waals surface area contributed by atoms with Gasteiger partial charge in [0, 0.05) is 25.8 Å². The fourth-order valence-corrected chi connectivity index (χ4v) is 2.65. The first-order valence-corrected chi connectivity index (χ1v) is 9.89. The van der Waals surface area contributed by atoms with Gasteiger partial charge in [-0.25, -0.2) is 9.78 Å². The summed E-state index contributed by atoms with van der Waals surface area (Å²) in [4.78, 5) is 32.4. The molecule has 0 spiro atoms. The second kappa shape index (κ2) is 11.4. The zero-order valence-electron chi connectivity index (χ0n) is 18.0. The largest absolute Gasteiger partial charge is 0.469 e. The van der Waals surface area contributed by atoms with E-state index in [0.717, 1.165) is 5.69 Å². The van der Waals surface area contributed by atoms with Gasteiger partial charge in [0.25, 0.3) is 0 Å². The Labute approximate surface area is 177 Å². The van der Waals surface area contributed by atoms with Crippen LogP contribution in [-0.2, 0) is 20.8 Å². The van der Waals surface area contributed by atoms with Gasteiger partial charge in [-0.2, -0.15) is 0 Å². The summed E-state index contributed by atoms with van der Waals surface area (Å²) in [6.45, 7) is 6.98. The molecule has 0 saturated heterocycles. The lowest BCUT2D eigenvalue weighted by Crippen LogP contribution is -2.33. The smallest absolute Gasteiger partial charge is 0.357 e. The van der Waals surface area contributed by atoms with Crippen molar-refractivity contribution in [3.8, 4) is 0 Å². The summed E-state index contributed by atoms with van der Waals surface area (Å²) in [5.41, 5.74) is 1.28. The normalized spacial score (nSPS) is 12.3. The van der Waals surface area contributed by atoms with Crippen LogP contribution in [0.2, 0.25) is 0 Å². The number of carbonyl (C=O) groups is 2. The number of methoxy groups -OCH3 is 1. The molecule has 0 radical (unpaired) electrons. The zero-order chi connectivity index (χ0) is 22.0. The van der Waals surface area contributed by atoms with Gasteiger partial charge in [0.1, 0.15) is 11.3 Å². The van der Waals surface area contributed by atoms with E-state index in [2.05, 4.69) is 25.3 Å². The molecule has 2 aromatic heterocycles. The van der Waals surface area contributed by atoms with Gasteiger partial charge >= 0.3 is 11.9 Å².